The van der Waals surface area contributed by atoms with E-state index in [0.29, 0.717) is 22.6 Å². The number of benzene rings is 2. The average molecular weight is 459 g/mol. The van der Waals surface area contributed by atoms with E-state index in [1.165, 1.54) is 49.0 Å². The van der Waals surface area contributed by atoms with Gasteiger partial charge in [0, 0.05) is 18.3 Å². The maximum atomic E-state index is 12.6. The van der Waals surface area contributed by atoms with Crippen molar-refractivity contribution in [3.63, 3.8) is 0 Å². The molecule has 0 aliphatic carbocycles. The summed E-state index contributed by atoms with van der Waals surface area (Å²) in [6.45, 7) is 4.48. The Kier molecular flexibility index (Phi) is 6.55. The molecule has 4 N–H and O–H groups in total. The molecule has 168 valence electrons. The van der Waals surface area contributed by atoms with Gasteiger partial charge >= 0.3 is 5.69 Å². The predicted octanol–water partition coefficient (Wildman–Crippen LogP) is 1.13. The summed E-state index contributed by atoms with van der Waals surface area (Å²) in [5.41, 5.74) is 1.57. The number of carbonyl (C=O) groups is 2. The van der Waals surface area contributed by atoms with Crippen molar-refractivity contribution in [1.82, 2.24) is 19.5 Å². The number of hydrogen-bond donors (Lipinski definition) is 4. The van der Waals surface area contributed by atoms with Crippen LogP contribution in [0.15, 0.2) is 58.5 Å². The molecule has 3 aromatic rings. The van der Waals surface area contributed by atoms with Crippen molar-refractivity contribution in [1.29, 1.82) is 0 Å². The average Bonchev–Trinajstić information content (AvgIpc) is 3.14. The highest BCUT2D eigenvalue weighted by molar-refractivity contribution is 7.89. The Morgan fingerprint density at radius 2 is 1.78 bits per heavy atom. The monoisotopic (exact) mass is 458 g/mol. The minimum Gasteiger partial charge on any atom is -0.326 e. The third-order valence-electron chi connectivity index (χ3n) is 4.59. The van der Waals surface area contributed by atoms with Crippen LogP contribution in [0.1, 0.15) is 19.4 Å². The number of anilines is 2. The number of rotatable bonds is 7. The minimum absolute atomic E-state index is 0.0521. The third kappa shape index (κ3) is 5.10. The van der Waals surface area contributed by atoms with Gasteiger partial charge < -0.3 is 10.6 Å². The quantitative estimate of drug-likeness (QED) is 0.416. The number of aromatic nitrogens is 3. The fourth-order valence-electron chi connectivity index (χ4n) is 2.96. The van der Waals surface area contributed by atoms with Crippen molar-refractivity contribution in [3.05, 3.63) is 64.8 Å². The van der Waals surface area contributed by atoms with Crippen LogP contribution in [-0.4, -0.2) is 41.0 Å². The van der Waals surface area contributed by atoms with E-state index in [9.17, 15) is 22.8 Å². The summed E-state index contributed by atoms with van der Waals surface area (Å²) >= 11 is 0. The molecule has 0 aliphatic rings. The molecule has 1 atom stereocenters. The Balaban J connectivity index is 1.73. The van der Waals surface area contributed by atoms with Crippen LogP contribution in [0, 0.1) is 6.92 Å². The zero-order chi connectivity index (χ0) is 23.5. The maximum absolute atomic E-state index is 12.6. The number of H-pyrrole nitrogens is 1. The van der Waals surface area contributed by atoms with E-state index < -0.39 is 27.7 Å². The van der Waals surface area contributed by atoms with Crippen LogP contribution in [0.5, 0.6) is 0 Å². The van der Waals surface area contributed by atoms with Gasteiger partial charge in [-0.3, -0.25) is 9.59 Å². The van der Waals surface area contributed by atoms with Crippen molar-refractivity contribution < 1.29 is 18.0 Å². The molecular formula is C20H22N6O5S. The lowest BCUT2D eigenvalue weighted by atomic mass is 10.1. The van der Waals surface area contributed by atoms with Gasteiger partial charge in [0.1, 0.15) is 6.33 Å². The zero-order valence-electron chi connectivity index (χ0n) is 17.5. The van der Waals surface area contributed by atoms with Gasteiger partial charge in [-0.05, 0) is 55.8 Å². The van der Waals surface area contributed by atoms with Crippen molar-refractivity contribution in [3.8, 4) is 5.69 Å². The molecule has 1 heterocycles. The standard InChI is InChI=1S/C20H22N6O5S/c1-12-17(5-4-6-18(12)26-11-21-24-20(26)29)23-19(28)13(2)25-32(30,31)16-9-7-15(8-10-16)22-14(3)27/h4-11,13,25H,1-3H3,(H,22,27)(H,23,28)(H,24,29)/t13-/m0/s1. The van der Waals surface area contributed by atoms with Crippen LogP contribution in [0.25, 0.3) is 5.69 Å². The molecule has 0 saturated heterocycles. The van der Waals surface area contributed by atoms with E-state index in [4.69, 9.17) is 0 Å². The summed E-state index contributed by atoms with van der Waals surface area (Å²) in [6.07, 6.45) is 1.32. The first-order chi connectivity index (χ1) is 15.1. The second kappa shape index (κ2) is 9.16. The zero-order valence-corrected chi connectivity index (χ0v) is 18.4. The van der Waals surface area contributed by atoms with Gasteiger partial charge in [0.15, 0.2) is 0 Å². The van der Waals surface area contributed by atoms with E-state index in [1.54, 1.807) is 25.1 Å². The predicted molar refractivity (Wildman–Crippen MR) is 118 cm³/mol. The van der Waals surface area contributed by atoms with Gasteiger partial charge in [-0.1, -0.05) is 6.07 Å². The van der Waals surface area contributed by atoms with Crippen LogP contribution in [-0.2, 0) is 19.6 Å². The molecular weight excluding hydrogens is 436 g/mol. The summed E-state index contributed by atoms with van der Waals surface area (Å²) in [5, 5.41) is 11.2. The summed E-state index contributed by atoms with van der Waals surface area (Å²) in [4.78, 5) is 35.5. The lowest BCUT2D eigenvalue weighted by Crippen LogP contribution is -2.41. The van der Waals surface area contributed by atoms with Gasteiger partial charge in [0.25, 0.3) is 0 Å². The molecule has 0 unspecified atom stereocenters. The molecule has 3 rings (SSSR count). The summed E-state index contributed by atoms with van der Waals surface area (Å²) in [7, 11) is -3.98. The summed E-state index contributed by atoms with van der Waals surface area (Å²) in [6, 6.07) is 9.46. The van der Waals surface area contributed by atoms with Gasteiger partial charge in [0.05, 0.1) is 16.6 Å². The van der Waals surface area contributed by atoms with Crippen molar-refractivity contribution in [2.24, 2.45) is 0 Å². The molecule has 1 aromatic heterocycles. The summed E-state index contributed by atoms with van der Waals surface area (Å²) < 4.78 is 28.9. The molecule has 32 heavy (non-hydrogen) atoms. The fourth-order valence-corrected chi connectivity index (χ4v) is 4.16. The molecule has 0 aliphatic heterocycles. The Morgan fingerprint density at radius 3 is 2.38 bits per heavy atom. The van der Waals surface area contributed by atoms with E-state index in [-0.39, 0.29) is 10.8 Å². The highest BCUT2D eigenvalue weighted by atomic mass is 32.2. The first-order valence-corrected chi connectivity index (χ1v) is 11.0. The SMILES string of the molecule is CC(=O)Nc1ccc(S(=O)(=O)N[C@@H](C)C(=O)Nc2cccc(-n3cn[nH]c3=O)c2C)cc1. The van der Waals surface area contributed by atoms with E-state index in [2.05, 4.69) is 25.6 Å². The Hall–Kier alpha value is -3.77. The van der Waals surface area contributed by atoms with Crippen molar-refractivity contribution >= 4 is 33.2 Å². The molecule has 0 radical (unpaired) electrons. The highest BCUT2D eigenvalue weighted by Crippen LogP contribution is 2.21. The van der Waals surface area contributed by atoms with Gasteiger partial charge in [0.2, 0.25) is 21.8 Å². The normalized spacial score (nSPS) is 12.2. The van der Waals surface area contributed by atoms with Crippen LogP contribution < -0.4 is 21.0 Å². The maximum Gasteiger partial charge on any atom is 0.347 e. The number of nitrogens with zero attached hydrogens (tertiary/aromatic N) is 2. The number of aromatic amines is 1. The molecule has 0 fully saturated rings. The molecule has 0 bridgehead atoms. The largest absolute Gasteiger partial charge is 0.347 e. The van der Waals surface area contributed by atoms with Crippen molar-refractivity contribution in [2.45, 2.75) is 31.7 Å². The van der Waals surface area contributed by atoms with Crippen LogP contribution in [0.3, 0.4) is 0 Å². The Morgan fingerprint density at radius 1 is 1.09 bits per heavy atom. The first kappa shape index (κ1) is 22.9. The number of carbonyl (C=O) groups excluding carboxylic acids is 2. The number of sulfonamides is 1. The van der Waals surface area contributed by atoms with Gasteiger partial charge in [-0.15, -0.1) is 0 Å². The highest BCUT2D eigenvalue weighted by Gasteiger charge is 2.23. The van der Waals surface area contributed by atoms with Gasteiger partial charge in [-0.2, -0.15) is 9.82 Å². The van der Waals surface area contributed by atoms with Crippen LogP contribution in [0.4, 0.5) is 11.4 Å². The van der Waals surface area contributed by atoms with Crippen LogP contribution >= 0.6 is 0 Å². The molecule has 11 nitrogen and oxygen atoms in total. The van der Waals surface area contributed by atoms with E-state index in [1.807, 2.05) is 0 Å². The lowest BCUT2D eigenvalue weighted by molar-refractivity contribution is -0.117. The summed E-state index contributed by atoms with van der Waals surface area (Å²) in [5.74, 6) is -0.857. The third-order valence-corrected chi connectivity index (χ3v) is 6.14. The molecule has 2 amide bonds. The lowest BCUT2D eigenvalue weighted by Gasteiger charge is -2.17. The molecule has 2 aromatic carbocycles. The smallest absolute Gasteiger partial charge is 0.326 e. The van der Waals surface area contributed by atoms with Gasteiger partial charge in [-0.25, -0.2) is 22.9 Å². The van der Waals surface area contributed by atoms with E-state index in [0.717, 1.165) is 0 Å². The van der Waals surface area contributed by atoms with Crippen molar-refractivity contribution in [2.75, 3.05) is 10.6 Å². The Bertz CT molecular complexity index is 1310. The second-order valence-electron chi connectivity index (χ2n) is 7.02. The number of hydrogen-bond acceptors (Lipinski definition) is 6. The molecule has 0 saturated carbocycles. The minimum atomic E-state index is -3.98. The molecule has 0 spiro atoms. The topological polar surface area (TPSA) is 155 Å². The van der Waals surface area contributed by atoms with Crippen LogP contribution in [0.2, 0.25) is 0 Å². The fraction of sp³-hybridized carbons (Fsp3) is 0.200. The van der Waals surface area contributed by atoms with E-state index >= 15 is 0 Å². The first-order valence-electron chi connectivity index (χ1n) is 9.51. The number of nitrogens with one attached hydrogen (secondary N) is 4. The Labute approximate surface area is 183 Å². The number of amides is 2. The molecule has 12 heteroatoms. The second-order valence-corrected chi connectivity index (χ2v) is 8.73.